The SMILES string of the molecule is Cn1c(=O)n(C)c2cc(CCNC(=O)c3ccc(F)c(F)c3)ccc21. The summed E-state index contributed by atoms with van der Waals surface area (Å²) in [7, 11) is 3.42. The molecule has 0 aliphatic rings. The fourth-order valence-electron chi connectivity index (χ4n) is 2.77. The minimum Gasteiger partial charge on any atom is -0.352 e. The van der Waals surface area contributed by atoms with Gasteiger partial charge in [0.2, 0.25) is 0 Å². The molecule has 0 radical (unpaired) electrons. The summed E-state index contributed by atoms with van der Waals surface area (Å²) < 4.78 is 29.2. The van der Waals surface area contributed by atoms with Gasteiger partial charge < -0.3 is 5.32 Å². The molecule has 0 aliphatic carbocycles. The summed E-state index contributed by atoms with van der Waals surface area (Å²) in [4.78, 5) is 23.9. The van der Waals surface area contributed by atoms with Gasteiger partial charge in [0.15, 0.2) is 11.6 Å². The third-order valence-corrected chi connectivity index (χ3v) is 4.22. The van der Waals surface area contributed by atoms with Gasteiger partial charge in [-0.25, -0.2) is 13.6 Å². The molecule has 0 bridgehead atoms. The number of amides is 1. The zero-order valence-electron chi connectivity index (χ0n) is 13.8. The Kier molecular flexibility index (Phi) is 4.39. The number of benzene rings is 2. The molecular weight excluding hydrogens is 328 g/mol. The summed E-state index contributed by atoms with van der Waals surface area (Å²) in [6, 6.07) is 8.69. The average molecular weight is 345 g/mol. The average Bonchev–Trinajstić information content (AvgIpc) is 2.81. The van der Waals surface area contributed by atoms with E-state index >= 15 is 0 Å². The van der Waals surface area contributed by atoms with Gasteiger partial charge in [-0.2, -0.15) is 0 Å². The number of rotatable bonds is 4. The van der Waals surface area contributed by atoms with Gasteiger partial charge in [0.25, 0.3) is 5.91 Å². The molecule has 0 saturated heterocycles. The van der Waals surface area contributed by atoms with Crippen molar-refractivity contribution in [2.24, 2.45) is 14.1 Å². The number of hydrogen-bond donors (Lipinski definition) is 1. The molecule has 7 heteroatoms. The minimum absolute atomic E-state index is 0.0693. The molecule has 0 saturated carbocycles. The van der Waals surface area contributed by atoms with Gasteiger partial charge in [-0.1, -0.05) is 6.07 Å². The predicted octanol–water partition coefficient (Wildman–Crippen LogP) is 2.13. The van der Waals surface area contributed by atoms with Crippen molar-refractivity contribution in [3.8, 4) is 0 Å². The number of aryl methyl sites for hydroxylation is 2. The summed E-state index contributed by atoms with van der Waals surface area (Å²) >= 11 is 0. The first-order valence-corrected chi connectivity index (χ1v) is 7.76. The lowest BCUT2D eigenvalue weighted by Crippen LogP contribution is -2.25. The molecule has 1 heterocycles. The van der Waals surface area contributed by atoms with Crippen LogP contribution in [0.3, 0.4) is 0 Å². The maximum atomic E-state index is 13.2. The molecule has 3 aromatic rings. The lowest BCUT2D eigenvalue weighted by atomic mass is 10.1. The van der Waals surface area contributed by atoms with Crippen LogP contribution in [0, 0.1) is 11.6 Å². The molecule has 0 spiro atoms. The van der Waals surface area contributed by atoms with Crippen molar-refractivity contribution in [1.82, 2.24) is 14.5 Å². The lowest BCUT2D eigenvalue weighted by molar-refractivity contribution is 0.0953. The molecule has 0 aliphatic heterocycles. The van der Waals surface area contributed by atoms with Crippen LogP contribution in [0.4, 0.5) is 8.78 Å². The van der Waals surface area contributed by atoms with Gasteiger partial charge in [-0.3, -0.25) is 13.9 Å². The molecular formula is C18H17F2N3O2. The first-order chi connectivity index (χ1) is 11.9. The molecule has 0 fully saturated rings. The number of carbonyl (C=O) groups excluding carboxylic acids is 1. The van der Waals surface area contributed by atoms with Crippen LogP contribution in [0.15, 0.2) is 41.2 Å². The van der Waals surface area contributed by atoms with Gasteiger partial charge in [-0.15, -0.1) is 0 Å². The number of carbonyl (C=O) groups is 1. The molecule has 1 N–H and O–H groups in total. The van der Waals surface area contributed by atoms with Gasteiger partial charge in [0, 0.05) is 26.2 Å². The summed E-state index contributed by atoms with van der Waals surface area (Å²) in [5.74, 6) is -2.51. The lowest BCUT2D eigenvalue weighted by Gasteiger charge is -2.06. The highest BCUT2D eigenvalue weighted by atomic mass is 19.2. The van der Waals surface area contributed by atoms with Gasteiger partial charge in [-0.05, 0) is 42.3 Å². The van der Waals surface area contributed by atoms with E-state index in [9.17, 15) is 18.4 Å². The zero-order valence-corrected chi connectivity index (χ0v) is 13.8. The fraction of sp³-hybridized carbons (Fsp3) is 0.222. The second-order valence-corrected chi connectivity index (χ2v) is 5.86. The molecule has 5 nitrogen and oxygen atoms in total. The van der Waals surface area contributed by atoms with Crippen LogP contribution < -0.4 is 11.0 Å². The van der Waals surface area contributed by atoms with Crippen LogP contribution >= 0.6 is 0 Å². The number of aromatic nitrogens is 2. The highest BCUT2D eigenvalue weighted by molar-refractivity contribution is 5.94. The van der Waals surface area contributed by atoms with Crippen LogP contribution in [0.2, 0.25) is 0 Å². The molecule has 3 rings (SSSR count). The summed E-state index contributed by atoms with van der Waals surface area (Å²) in [5.41, 5.74) is 2.58. The molecule has 130 valence electrons. The third-order valence-electron chi connectivity index (χ3n) is 4.22. The first kappa shape index (κ1) is 16.9. The summed E-state index contributed by atoms with van der Waals surface area (Å²) in [6.45, 7) is 0.337. The maximum Gasteiger partial charge on any atom is 0.328 e. The van der Waals surface area contributed by atoms with E-state index < -0.39 is 17.5 Å². The van der Waals surface area contributed by atoms with Crippen molar-refractivity contribution in [3.05, 3.63) is 69.6 Å². The van der Waals surface area contributed by atoms with E-state index in [4.69, 9.17) is 0 Å². The normalized spacial score (nSPS) is 11.0. The quantitative estimate of drug-likeness (QED) is 0.788. The van der Waals surface area contributed by atoms with E-state index in [1.54, 1.807) is 23.2 Å². The zero-order chi connectivity index (χ0) is 18.1. The van der Waals surface area contributed by atoms with E-state index in [0.717, 1.165) is 28.7 Å². The van der Waals surface area contributed by atoms with Crippen LogP contribution in [0.25, 0.3) is 11.0 Å². The number of imidazole rings is 1. The Balaban J connectivity index is 1.68. The number of hydrogen-bond acceptors (Lipinski definition) is 2. The summed E-state index contributed by atoms with van der Waals surface area (Å²) in [5, 5.41) is 2.67. The second kappa shape index (κ2) is 6.51. The van der Waals surface area contributed by atoms with Crippen molar-refractivity contribution >= 4 is 16.9 Å². The van der Waals surface area contributed by atoms with Gasteiger partial charge in [0.1, 0.15) is 0 Å². The Morgan fingerprint density at radius 1 is 1.00 bits per heavy atom. The van der Waals surface area contributed by atoms with Crippen molar-refractivity contribution in [2.45, 2.75) is 6.42 Å². The van der Waals surface area contributed by atoms with Crippen LogP contribution in [0.5, 0.6) is 0 Å². The van der Waals surface area contributed by atoms with Crippen molar-refractivity contribution < 1.29 is 13.6 Å². The number of fused-ring (bicyclic) bond motifs is 1. The molecule has 1 aromatic heterocycles. The molecule has 0 atom stereocenters. The van der Waals surface area contributed by atoms with Crippen molar-refractivity contribution in [1.29, 1.82) is 0 Å². The number of nitrogens with one attached hydrogen (secondary N) is 1. The summed E-state index contributed by atoms with van der Waals surface area (Å²) in [6.07, 6.45) is 0.550. The second-order valence-electron chi connectivity index (χ2n) is 5.86. The molecule has 2 aromatic carbocycles. The van der Waals surface area contributed by atoms with E-state index in [2.05, 4.69) is 5.32 Å². The van der Waals surface area contributed by atoms with Crippen LogP contribution in [-0.4, -0.2) is 21.6 Å². The standard InChI is InChI=1S/C18H17F2N3O2/c1-22-15-6-3-11(9-16(15)23(2)18(22)25)7-8-21-17(24)12-4-5-13(19)14(20)10-12/h3-6,9-10H,7-8H2,1-2H3,(H,21,24). The number of nitrogens with zero attached hydrogens (tertiary/aromatic N) is 2. The van der Waals surface area contributed by atoms with E-state index in [1.165, 1.54) is 6.07 Å². The molecule has 1 amide bonds. The molecule has 0 unspecified atom stereocenters. The Bertz CT molecular complexity index is 1020. The number of halogens is 2. The monoisotopic (exact) mass is 345 g/mol. The maximum absolute atomic E-state index is 13.2. The molecule has 25 heavy (non-hydrogen) atoms. The predicted molar refractivity (Wildman–Crippen MR) is 90.6 cm³/mol. The topological polar surface area (TPSA) is 56.0 Å². The van der Waals surface area contributed by atoms with Gasteiger partial charge >= 0.3 is 5.69 Å². The highest BCUT2D eigenvalue weighted by Gasteiger charge is 2.10. The largest absolute Gasteiger partial charge is 0.352 e. The van der Waals surface area contributed by atoms with Crippen molar-refractivity contribution in [2.75, 3.05) is 6.54 Å². The van der Waals surface area contributed by atoms with Gasteiger partial charge in [0.05, 0.1) is 11.0 Å². The van der Waals surface area contributed by atoms with E-state index in [-0.39, 0.29) is 11.3 Å². The minimum atomic E-state index is -1.05. The third kappa shape index (κ3) is 3.17. The van der Waals surface area contributed by atoms with E-state index in [0.29, 0.717) is 13.0 Å². The van der Waals surface area contributed by atoms with E-state index in [1.807, 2.05) is 18.2 Å². The fourth-order valence-corrected chi connectivity index (χ4v) is 2.77. The Morgan fingerprint density at radius 2 is 1.72 bits per heavy atom. The van der Waals surface area contributed by atoms with Crippen molar-refractivity contribution in [3.63, 3.8) is 0 Å². The first-order valence-electron chi connectivity index (χ1n) is 7.76. The Hall–Kier alpha value is -2.96. The van der Waals surface area contributed by atoms with Crippen LogP contribution in [-0.2, 0) is 20.5 Å². The smallest absolute Gasteiger partial charge is 0.328 e. The van der Waals surface area contributed by atoms with Crippen LogP contribution in [0.1, 0.15) is 15.9 Å². The Labute approximate surface area is 142 Å². The Morgan fingerprint density at radius 3 is 2.44 bits per heavy atom. The highest BCUT2D eigenvalue weighted by Crippen LogP contribution is 2.14.